The molecular weight excluding hydrogens is 415 g/mol. The molecule has 0 radical (unpaired) electrons. The summed E-state index contributed by atoms with van der Waals surface area (Å²) in [6.07, 6.45) is 1.55. The van der Waals surface area contributed by atoms with Gasteiger partial charge in [0.1, 0.15) is 17.5 Å². The monoisotopic (exact) mass is 439 g/mol. The van der Waals surface area contributed by atoms with Crippen molar-refractivity contribution in [1.82, 2.24) is 15.0 Å². The number of hydrogen-bond donors (Lipinski definition) is 1. The summed E-state index contributed by atoms with van der Waals surface area (Å²) in [5, 5.41) is 13.3. The third kappa shape index (κ3) is 3.66. The third-order valence-corrected chi connectivity index (χ3v) is 6.08. The van der Waals surface area contributed by atoms with Crippen molar-refractivity contribution in [2.75, 3.05) is 5.32 Å². The first kappa shape index (κ1) is 22.0. The molecule has 8 heteroatoms. The maximum atomic E-state index is 15.0. The third-order valence-electron chi connectivity index (χ3n) is 6.08. The predicted molar refractivity (Wildman–Crippen MR) is 116 cm³/mol. The highest BCUT2D eigenvalue weighted by atomic mass is 19.3. The Kier molecular flexibility index (Phi) is 5.32. The molecule has 2 aromatic heterocycles. The Bertz CT molecular complexity index is 1240. The van der Waals surface area contributed by atoms with Crippen LogP contribution < -0.4 is 5.32 Å². The highest BCUT2D eigenvalue weighted by Gasteiger charge is 2.46. The molecule has 1 aliphatic carbocycles. The average Bonchev–Trinajstić information content (AvgIpc) is 3.53. The van der Waals surface area contributed by atoms with Crippen molar-refractivity contribution in [3.63, 3.8) is 0 Å². The molecule has 1 N–H and O–H groups in total. The number of aryl methyl sites for hydroxylation is 2. The number of rotatable bonds is 6. The van der Waals surface area contributed by atoms with Crippen LogP contribution in [0.25, 0.3) is 11.0 Å². The van der Waals surface area contributed by atoms with Crippen LogP contribution in [0.15, 0.2) is 24.3 Å². The predicted octanol–water partition coefficient (Wildman–Crippen LogP) is 5.70. The van der Waals surface area contributed by atoms with E-state index in [0.717, 1.165) is 30.2 Å². The van der Waals surface area contributed by atoms with Gasteiger partial charge in [-0.15, -0.1) is 0 Å². The maximum absolute atomic E-state index is 15.0. The number of halogens is 3. The number of alkyl halides is 2. The number of benzene rings is 1. The molecule has 2 heterocycles. The summed E-state index contributed by atoms with van der Waals surface area (Å²) in [4.78, 5) is 13.4. The van der Waals surface area contributed by atoms with Crippen molar-refractivity contribution in [3.8, 4) is 6.07 Å². The summed E-state index contributed by atoms with van der Waals surface area (Å²) in [5.41, 5.74) is 1.03. The van der Waals surface area contributed by atoms with E-state index < -0.39 is 28.6 Å². The van der Waals surface area contributed by atoms with Gasteiger partial charge < -0.3 is 5.32 Å². The van der Waals surface area contributed by atoms with Crippen molar-refractivity contribution in [2.45, 2.75) is 58.4 Å². The largest absolute Gasteiger partial charge is 0.365 e. The Balaban J connectivity index is 1.72. The fourth-order valence-electron chi connectivity index (χ4n) is 3.90. The lowest BCUT2D eigenvalue weighted by Crippen LogP contribution is -2.23. The fourth-order valence-corrected chi connectivity index (χ4v) is 3.90. The first-order valence-corrected chi connectivity index (χ1v) is 10.6. The van der Waals surface area contributed by atoms with E-state index in [1.165, 1.54) is 26.0 Å². The van der Waals surface area contributed by atoms with Crippen LogP contribution in [0.4, 0.5) is 19.0 Å². The van der Waals surface area contributed by atoms with Crippen LogP contribution in [0, 0.1) is 36.9 Å². The van der Waals surface area contributed by atoms with Gasteiger partial charge in [0.2, 0.25) is 0 Å². The van der Waals surface area contributed by atoms with Gasteiger partial charge in [0.05, 0.1) is 22.4 Å². The van der Waals surface area contributed by atoms with Gasteiger partial charge in [0.25, 0.3) is 5.92 Å². The Labute approximate surface area is 184 Å². The Morgan fingerprint density at radius 2 is 1.91 bits per heavy atom. The summed E-state index contributed by atoms with van der Waals surface area (Å²) in [7, 11) is 0. The van der Waals surface area contributed by atoms with E-state index in [0.29, 0.717) is 22.7 Å². The lowest BCUT2D eigenvalue weighted by atomic mass is 9.95. The molecule has 0 amide bonds. The van der Waals surface area contributed by atoms with Crippen molar-refractivity contribution >= 4 is 16.9 Å². The summed E-state index contributed by atoms with van der Waals surface area (Å²) in [5.74, 6) is -4.33. The van der Waals surface area contributed by atoms with Gasteiger partial charge >= 0.3 is 0 Å². The molecule has 5 nitrogen and oxygen atoms in total. The smallest absolute Gasteiger partial charge is 0.278 e. The zero-order valence-corrected chi connectivity index (χ0v) is 18.4. The molecule has 166 valence electrons. The molecule has 0 spiro atoms. The van der Waals surface area contributed by atoms with Crippen molar-refractivity contribution in [2.24, 2.45) is 5.92 Å². The zero-order chi connectivity index (χ0) is 23.3. The lowest BCUT2D eigenvalue weighted by molar-refractivity contribution is -0.0544. The minimum absolute atomic E-state index is 0.0357. The van der Waals surface area contributed by atoms with Gasteiger partial charge in [0.15, 0.2) is 5.65 Å². The van der Waals surface area contributed by atoms with E-state index in [1.54, 1.807) is 6.92 Å². The van der Waals surface area contributed by atoms with E-state index >= 15 is 0 Å². The number of nitriles is 1. The second-order valence-corrected chi connectivity index (χ2v) is 8.72. The van der Waals surface area contributed by atoms with E-state index in [2.05, 4.69) is 26.3 Å². The second-order valence-electron chi connectivity index (χ2n) is 8.72. The maximum Gasteiger partial charge on any atom is 0.278 e. The van der Waals surface area contributed by atoms with Crippen molar-refractivity contribution in [1.29, 1.82) is 5.26 Å². The molecule has 1 fully saturated rings. The minimum atomic E-state index is -3.27. The van der Waals surface area contributed by atoms with Gasteiger partial charge in [-0.3, -0.25) is 0 Å². The number of nitrogens with one attached hydrogen (secondary N) is 1. The normalized spacial score (nSPS) is 15.1. The SMILES string of the molecule is Cc1nc(NCc2cccc(C(F)(F)C(C)C)c2F)c2cc(C3(C#N)CC3)c(C)nc2n1. The molecule has 1 aromatic carbocycles. The highest BCUT2D eigenvalue weighted by molar-refractivity contribution is 5.87. The molecule has 0 unspecified atom stereocenters. The van der Waals surface area contributed by atoms with Gasteiger partial charge in [-0.05, 0) is 38.3 Å². The van der Waals surface area contributed by atoms with Crippen molar-refractivity contribution < 1.29 is 13.2 Å². The molecular formula is C24H24F3N5. The Hall–Kier alpha value is -3.21. The number of nitrogens with zero attached hydrogens (tertiary/aromatic N) is 4. The zero-order valence-electron chi connectivity index (χ0n) is 18.4. The highest BCUT2D eigenvalue weighted by Crippen LogP contribution is 2.49. The number of hydrogen-bond acceptors (Lipinski definition) is 5. The molecule has 0 bridgehead atoms. The topological polar surface area (TPSA) is 74.5 Å². The Morgan fingerprint density at radius 3 is 2.53 bits per heavy atom. The van der Waals surface area contributed by atoms with Gasteiger partial charge in [-0.2, -0.15) is 5.26 Å². The van der Waals surface area contributed by atoms with Crippen LogP contribution >= 0.6 is 0 Å². The van der Waals surface area contributed by atoms with Gasteiger partial charge in [-0.1, -0.05) is 32.0 Å². The van der Waals surface area contributed by atoms with Crippen LogP contribution in [0.3, 0.4) is 0 Å². The second kappa shape index (κ2) is 7.73. The van der Waals surface area contributed by atoms with E-state index in [9.17, 15) is 18.4 Å². The summed E-state index contributed by atoms with van der Waals surface area (Å²) in [6.45, 7) is 6.26. The van der Waals surface area contributed by atoms with Crippen LogP contribution in [0.5, 0.6) is 0 Å². The number of pyridine rings is 1. The quantitative estimate of drug-likeness (QED) is 0.534. The van der Waals surface area contributed by atoms with Crippen LogP contribution in [-0.2, 0) is 17.9 Å². The Morgan fingerprint density at radius 1 is 1.19 bits per heavy atom. The molecule has 0 saturated heterocycles. The fraction of sp³-hybridized carbons (Fsp3) is 0.417. The molecule has 0 atom stereocenters. The van der Waals surface area contributed by atoms with Gasteiger partial charge in [0, 0.05) is 23.7 Å². The van der Waals surface area contributed by atoms with Gasteiger partial charge in [-0.25, -0.2) is 28.1 Å². The van der Waals surface area contributed by atoms with E-state index in [1.807, 2.05) is 13.0 Å². The average molecular weight is 439 g/mol. The number of anilines is 1. The standard InChI is InChI=1S/C24H24F3N5/c1-13(2)24(26,27)18-7-5-6-16(20(18)25)11-29-21-17-10-19(23(12-28)8-9-23)14(3)30-22(17)32-15(4)31-21/h5-7,10,13H,8-9,11H2,1-4H3,(H,29,30,31,32). The molecule has 32 heavy (non-hydrogen) atoms. The van der Waals surface area contributed by atoms with Crippen LogP contribution in [0.1, 0.15) is 54.9 Å². The molecule has 1 aliphatic rings. The molecule has 3 aromatic rings. The minimum Gasteiger partial charge on any atom is -0.365 e. The molecule has 0 aliphatic heterocycles. The van der Waals surface area contributed by atoms with Crippen molar-refractivity contribution in [3.05, 3.63) is 58.3 Å². The number of aromatic nitrogens is 3. The summed E-state index contributed by atoms with van der Waals surface area (Å²) >= 11 is 0. The van der Waals surface area contributed by atoms with E-state index in [4.69, 9.17) is 0 Å². The van der Waals surface area contributed by atoms with E-state index in [-0.39, 0.29) is 12.1 Å². The molecule has 4 rings (SSSR count). The lowest BCUT2D eigenvalue weighted by Gasteiger charge is -2.22. The van der Waals surface area contributed by atoms with Crippen LogP contribution in [0.2, 0.25) is 0 Å². The summed E-state index contributed by atoms with van der Waals surface area (Å²) in [6, 6.07) is 8.28. The number of fused-ring (bicyclic) bond motifs is 1. The van der Waals surface area contributed by atoms with Crippen LogP contribution in [-0.4, -0.2) is 15.0 Å². The first-order valence-electron chi connectivity index (χ1n) is 10.6. The first-order chi connectivity index (χ1) is 15.1. The molecule has 1 saturated carbocycles. The summed E-state index contributed by atoms with van der Waals surface area (Å²) < 4.78 is 43.9.